The molecule has 7 heteroatoms. The van der Waals surface area contributed by atoms with Gasteiger partial charge in [0.05, 0.1) is 6.61 Å². The molecule has 22 heavy (non-hydrogen) atoms. The Morgan fingerprint density at radius 2 is 1.73 bits per heavy atom. The minimum absolute atomic E-state index is 0. The van der Waals surface area contributed by atoms with Crippen molar-refractivity contribution in [1.29, 1.82) is 0 Å². The molecule has 6 nitrogen and oxygen atoms in total. The molecule has 1 aliphatic rings. The summed E-state index contributed by atoms with van der Waals surface area (Å²) in [5.74, 6) is 0.253. The van der Waals surface area contributed by atoms with Crippen LogP contribution in [0.15, 0.2) is 0 Å². The van der Waals surface area contributed by atoms with Crippen LogP contribution in [0.5, 0.6) is 0 Å². The van der Waals surface area contributed by atoms with Crippen molar-refractivity contribution in [3.63, 3.8) is 0 Å². The summed E-state index contributed by atoms with van der Waals surface area (Å²) in [4.78, 5) is 23.5. The largest absolute Gasteiger partial charge is 0.383 e. The standard InChI is InChI=1S/C15H29N3O3.ClH/c1-21-12-11-16-9-10-17-14(19)7-8-18-15(20)13-5-3-2-4-6-13;/h13,16H,2-12H2,1H3,(H,17,19)(H,18,20);1H. The van der Waals surface area contributed by atoms with Crippen molar-refractivity contribution in [3.8, 4) is 0 Å². The number of hydrogen-bond acceptors (Lipinski definition) is 4. The van der Waals surface area contributed by atoms with E-state index in [4.69, 9.17) is 4.74 Å². The third kappa shape index (κ3) is 9.97. The van der Waals surface area contributed by atoms with E-state index in [1.54, 1.807) is 7.11 Å². The first kappa shape index (κ1) is 21.1. The third-order valence-corrected chi connectivity index (χ3v) is 3.73. The van der Waals surface area contributed by atoms with Gasteiger partial charge in [-0.1, -0.05) is 19.3 Å². The van der Waals surface area contributed by atoms with Crippen LogP contribution in [-0.2, 0) is 14.3 Å². The lowest BCUT2D eigenvalue weighted by Crippen LogP contribution is -2.37. The predicted octanol–water partition coefficient (Wildman–Crippen LogP) is 0.847. The van der Waals surface area contributed by atoms with Crippen molar-refractivity contribution in [2.24, 2.45) is 5.92 Å². The van der Waals surface area contributed by atoms with Gasteiger partial charge in [0, 0.05) is 45.6 Å². The highest BCUT2D eigenvalue weighted by Gasteiger charge is 2.20. The Morgan fingerprint density at radius 3 is 2.41 bits per heavy atom. The van der Waals surface area contributed by atoms with Crippen molar-refractivity contribution in [3.05, 3.63) is 0 Å². The van der Waals surface area contributed by atoms with Crippen LogP contribution in [0.4, 0.5) is 0 Å². The van der Waals surface area contributed by atoms with Crippen LogP contribution in [-0.4, -0.2) is 51.7 Å². The van der Waals surface area contributed by atoms with Crippen molar-refractivity contribution >= 4 is 24.2 Å². The van der Waals surface area contributed by atoms with Gasteiger partial charge in [-0.25, -0.2) is 0 Å². The average molecular weight is 336 g/mol. The lowest BCUT2D eigenvalue weighted by molar-refractivity contribution is -0.126. The molecule has 1 rings (SSSR count). The number of carbonyl (C=O) groups excluding carboxylic acids is 2. The fourth-order valence-electron chi connectivity index (χ4n) is 2.49. The Labute approximate surface area is 139 Å². The summed E-state index contributed by atoms with van der Waals surface area (Å²) < 4.78 is 4.90. The second-order valence-electron chi connectivity index (χ2n) is 5.47. The Balaban J connectivity index is 0.00000441. The summed E-state index contributed by atoms with van der Waals surface area (Å²) in [6.07, 6.45) is 5.86. The van der Waals surface area contributed by atoms with Gasteiger partial charge in [0.25, 0.3) is 0 Å². The van der Waals surface area contributed by atoms with E-state index in [1.807, 2.05) is 0 Å². The molecule has 0 heterocycles. The van der Waals surface area contributed by atoms with Crippen LogP contribution < -0.4 is 16.0 Å². The average Bonchev–Trinajstić information content (AvgIpc) is 2.51. The molecule has 130 valence electrons. The molecule has 3 N–H and O–H groups in total. The molecule has 0 unspecified atom stereocenters. The van der Waals surface area contributed by atoms with Crippen molar-refractivity contribution < 1.29 is 14.3 Å². The number of ether oxygens (including phenoxy) is 1. The highest BCUT2D eigenvalue weighted by Crippen LogP contribution is 2.23. The van der Waals surface area contributed by atoms with Crippen molar-refractivity contribution in [1.82, 2.24) is 16.0 Å². The van der Waals surface area contributed by atoms with Gasteiger partial charge in [0.15, 0.2) is 0 Å². The normalized spacial score (nSPS) is 15.0. The first-order valence-electron chi connectivity index (χ1n) is 7.98. The van der Waals surface area contributed by atoms with Gasteiger partial charge in [-0.2, -0.15) is 0 Å². The highest BCUT2D eigenvalue weighted by atomic mass is 35.5. The van der Waals surface area contributed by atoms with E-state index in [-0.39, 0.29) is 30.1 Å². The van der Waals surface area contributed by atoms with Crippen LogP contribution in [0, 0.1) is 5.92 Å². The van der Waals surface area contributed by atoms with Crippen molar-refractivity contribution in [2.75, 3.05) is 39.9 Å². The van der Waals surface area contributed by atoms with E-state index in [0.29, 0.717) is 26.1 Å². The van der Waals surface area contributed by atoms with Gasteiger partial charge in [0.2, 0.25) is 11.8 Å². The summed E-state index contributed by atoms with van der Waals surface area (Å²) in [7, 11) is 1.66. The Kier molecular flexibility index (Phi) is 13.3. The zero-order chi connectivity index (χ0) is 15.3. The second-order valence-corrected chi connectivity index (χ2v) is 5.47. The Hall–Kier alpha value is -0.850. The minimum Gasteiger partial charge on any atom is -0.383 e. The number of amides is 2. The van der Waals surface area contributed by atoms with Gasteiger partial charge >= 0.3 is 0 Å². The molecule has 0 atom stereocenters. The second kappa shape index (κ2) is 13.8. The van der Waals surface area contributed by atoms with E-state index in [0.717, 1.165) is 38.8 Å². The van der Waals surface area contributed by atoms with E-state index in [2.05, 4.69) is 16.0 Å². The van der Waals surface area contributed by atoms with E-state index >= 15 is 0 Å². The number of nitrogens with one attached hydrogen (secondary N) is 3. The highest BCUT2D eigenvalue weighted by molar-refractivity contribution is 5.85. The SMILES string of the molecule is COCCNCCNC(=O)CCNC(=O)C1CCCCC1.Cl. The molecule has 0 aromatic rings. The topological polar surface area (TPSA) is 79.5 Å². The maximum absolute atomic E-state index is 11.9. The fraction of sp³-hybridized carbons (Fsp3) is 0.867. The third-order valence-electron chi connectivity index (χ3n) is 3.73. The van der Waals surface area contributed by atoms with Crippen LogP contribution in [0.1, 0.15) is 38.5 Å². The monoisotopic (exact) mass is 335 g/mol. The van der Waals surface area contributed by atoms with Gasteiger partial charge < -0.3 is 20.7 Å². The molecular weight excluding hydrogens is 306 g/mol. The number of halogens is 1. The zero-order valence-corrected chi connectivity index (χ0v) is 14.3. The molecule has 0 radical (unpaired) electrons. The van der Waals surface area contributed by atoms with Gasteiger partial charge in [-0.05, 0) is 12.8 Å². The summed E-state index contributed by atoms with van der Waals surface area (Å²) in [5, 5.41) is 8.84. The predicted molar refractivity (Wildman–Crippen MR) is 89.2 cm³/mol. The summed E-state index contributed by atoms with van der Waals surface area (Å²) >= 11 is 0. The first-order valence-corrected chi connectivity index (χ1v) is 7.98. The number of carbonyl (C=O) groups is 2. The van der Waals surface area contributed by atoms with Crippen LogP contribution in [0.2, 0.25) is 0 Å². The van der Waals surface area contributed by atoms with Crippen LogP contribution >= 0.6 is 12.4 Å². The number of rotatable bonds is 10. The first-order chi connectivity index (χ1) is 10.2. The van der Waals surface area contributed by atoms with Crippen LogP contribution in [0.25, 0.3) is 0 Å². The lowest BCUT2D eigenvalue weighted by atomic mass is 9.89. The smallest absolute Gasteiger partial charge is 0.223 e. The Bertz CT molecular complexity index is 310. The fourth-order valence-corrected chi connectivity index (χ4v) is 2.49. The lowest BCUT2D eigenvalue weighted by Gasteiger charge is -2.20. The number of methoxy groups -OCH3 is 1. The van der Waals surface area contributed by atoms with E-state index in [1.165, 1.54) is 6.42 Å². The molecule has 2 amide bonds. The molecule has 0 aliphatic heterocycles. The molecule has 1 saturated carbocycles. The van der Waals surface area contributed by atoms with Crippen molar-refractivity contribution in [2.45, 2.75) is 38.5 Å². The maximum atomic E-state index is 11.9. The van der Waals surface area contributed by atoms with Crippen LogP contribution in [0.3, 0.4) is 0 Å². The maximum Gasteiger partial charge on any atom is 0.223 e. The Morgan fingerprint density at radius 1 is 1.00 bits per heavy atom. The summed E-state index contributed by atoms with van der Waals surface area (Å²) in [6, 6.07) is 0. The number of hydrogen-bond donors (Lipinski definition) is 3. The molecule has 0 aromatic heterocycles. The quantitative estimate of drug-likeness (QED) is 0.517. The van der Waals surface area contributed by atoms with E-state index < -0.39 is 0 Å². The molecule has 0 aromatic carbocycles. The minimum atomic E-state index is -0.0208. The molecule has 0 saturated heterocycles. The van der Waals surface area contributed by atoms with Gasteiger partial charge in [-0.3, -0.25) is 9.59 Å². The molecular formula is C15H30ClN3O3. The van der Waals surface area contributed by atoms with E-state index in [9.17, 15) is 9.59 Å². The van der Waals surface area contributed by atoms with Gasteiger partial charge in [0.1, 0.15) is 0 Å². The van der Waals surface area contributed by atoms with Gasteiger partial charge in [-0.15, -0.1) is 12.4 Å². The molecule has 1 aliphatic carbocycles. The summed E-state index contributed by atoms with van der Waals surface area (Å²) in [5.41, 5.74) is 0. The molecule has 0 bridgehead atoms. The molecule has 1 fully saturated rings. The zero-order valence-electron chi connectivity index (χ0n) is 13.5. The summed E-state index contributed by atoms with van der Waals surface area (Å²) in [6.45, 7) is 3.20. The molecule has 0 spiro atoms.